The number of benzene rings is 2. The molecule has 3 aromatic rings. The molecule has 0 aliphatic rings. The Labute approximate surface area is 163 Å². The van der Waals surface area contributed by atoms with Crippen LogP contribution >= 0.6 is 0 Å². The maximum Gasteiger partial charge on any atom is 0.196 e. The van der Waals surface area contributed by atoms with Crippen LogP contribution in [0.1, 0.15) is 21.5 Å². The minimum atomic E-state index is -0.233. The first-order valence-electron chi connectivity index (χ1n) is 8.75. The van der Waals surface area contributed by atoms with Crippen LogP contribution in [0.5, 0.6) is 17.2 Å². The number of phenolic OH excluding ortho intramolecular Hbond substituents is 1. The van der Waals surface area contributed by atoms with Crippen molar-refractivity contribution in [3.05, 3.63) is 65.4 Å². The summed E-state index contributed by atoms with van der Waals surface area (Å²) in [5.74, 6) is 1.17. The molecule has 0 aliphatic heterocycles. The first-order chi connectivity index (χ1) is 13.4. The minimum Gasteiger partial charge on any atom is -0.504 e. The van der Waals surface area contributed by atoms with Crippen molar-refractivity contribution >= 4 is 5.78 Å². The zero-order valence-corrected chi connectivity index (χ0v) is 16.4. The number of carbonyl (C=O) groups excluding carboxylic acids is 1. The van der Waals surface area contributed by atoms with Crippen molar-refractivity contribution in [2.24, 2.45) is 0 Å². The van der Waals surface area contributed by atoms with Gasteiger partial charge < -0.3 is 23.9 Å². The van der Waals surface area contributed by atoms with E-state index in [1.54, 1.807) is 30.5 Å². The van der Waals surface area contributed by atoms with E-state index in [9.17, 15) is 9.90 Å². The topological polar surface area (TPSA) is 72.1 Å². The monoisotopic (exact) mass is 381 g/mol. The number of furan rings is 1. The summed E-state index contributed by atoms with van der Waals surface area (Å²) in [7, 11) is 6.75. The van der Waals surface area contributed by atoms with E-state index in [4.69, 9.17) is 13.9 Å². The van der Waals surface area contributed by atoms with E-state index >= 15 is 0 Å². The van der Waals surface area contributed by atoms with Gasteiger partial charge in [-0.3, -0.25) is 4.79 Å². The number of nitrogens with zero attached hydrogens (tertiary/aromatic N) is 1. The number of carbonyl (C=O) groups is 1. The number of hydrogen-bond acceptors (Lipinski definition) is 6. The predicted molar refractivity (Wildman–Crippen MR) is 106 cm³/mol. The number of ketones is 1. The number of hydrogen-bond donors (Lipinski definition) is 1. The highest BCUT2D eigenvalue weighted by Gasteiger charge is 2.20. The van der Waals surface area contributed by atoms with E-state index in [-0.39, 0.29) is 17.3 Å². The molecule has 3 rings (SSSR count). The fourth-order valence-corrected chi connectivity index (χ4v) is 3.05. The summed E-state index contributed by atoms with van der Waals surface area (Å²) in [6.45, 7) is 0.465. The SMILES string of the molecule is COc1ccc(-c2ccco2)cc1C(=O)c1cc(CN(C)C)c(O)c(OC)c1. The first-order valence-corrected chi connectivity index (χ1v) is 8.75. The Bertz CT molecular complexity index is 977. The smallest absolute Gasteiger partial charge is 0.196 e. The average Bonchev–Trinajstić information content (AvgIpc) is 3.23. The van der Waals surface area contributed by atoms with Gasteiger partial charge in [0.15, 0.2) is 17.3 Å². The molecule has 6 heteroatoms. The van der Waals surface area contributed by atoms with Crippen LogP contribution in [0.4, 0.5) is 0 Å². The number of aromatic hydroxyl groups is 1. The van der Waals surface area contributed by atoms with Gasteiger partial charge in [-0.05, 0) is 56.6 Å². The van der Waals surface area contributed by atoms with Gasteiger partial charge in [0.1, 0.15) is 11.5 Å². The van der Waals surface area contributed by atoms with Crippen molar-refractivity contribution in [1.82, 2.24) is 4.90 Å². The molecule has 0 fully saturated rings. The molecule has 0 atom stereocenters. The number of phenols is 1. The Morgan fingerprint density at radius 2 is 1.82 bits per heavy atom. The number of ether oxygens (including phenoxy) is 2. The lowest BCUT2D eigenvalue weighted by molar-refractivity contribution is 0.103. The fraction of sp³-hybridized carbons (Fsp3) is 0.227. The molecule has 0 aliphatic carbocycles. The highest BCUT2D eigenvalue weighted by atomic mass is 16.5. The number of methoxy groups -OCH3 is 2. The highest BCUT2D eigenvalue weighted by molar-refractivity contribution is 6.11. The molecule has 0 saturated carbocycles. The van der Waals surface area contributed by atoms with E-state index in [2.05, 4.69) is 0 Å². The molecule has 0 amide bonds. The Morgan fingerprint density at radius 3 is 2.43 bits per heavy atom. The second-order valence-corrected chi connectivity index (χ2v) is 6.65. The van der Waals surface area contributed by atoms with Crippen molar-refractivity contribution in [2.75, 3.05) is 28.3 Å². The average molecular weight is 381 g/mol. The Balaban J connectivity index is 2.09. The summed E-state index contributed by atoms with van der Waals surface area (Å²) in [5.41, 5.74) is 2.18. The van der Waals surface area contributed by atoms with Crippen molar-refractivity contribution in [1.29, 1.82) is 0 Å². The zero-order valence-electron chi connectivity index (χ0n) is 16.4. The molecular formula is C22H23NO5. The fourth-order valence-electron chi connectivity index (χ4n) is 3.05. The Hall–Kier alpha value is -3.25. The van der Waals surface area contributed by atoms with Crippen LogP contribution in [0.2, 0.25) is 0 Å². The van der Waals surface area contributed by atoms with Crippen molar-refractivity contribution in [3.63, 3.8) is 0 Å². The third kappa shape index (κ3) is 3.87. The summed E-state index contributed by atoms with van der Waals surface area (Å²) in [5, 5.41) is 10.4. The number of rotatable bonds is 7. The molecule has 146 valence electrons. The van der Waals surface area contributed by atoms with Crippen LogP contribution in [0, 0.1) is 0 Å². The molecule has 1 heterocycles. The summed E-state index contributed by atoms with van der Waals surface area (Å²) >= 11 is 0. The van der Waals surface area contributed by atoms with E-state index < -0.39 is 0 Å². The summed E-state index contributed by atoms with van der Waals surface area (Å²) in [4.78, 5) is 15.2. The lowest BCUT2D eigenvalue weighted by Gasteiger charge is -2.16. The molecule has 0 bridgehead atoms. The standard InChI is InChI=1S/C22H23NO5/c1-23(2)13-16-10-15(12-20(27-4)22(16)25)21(24)17-11-14(7-8-19(17)26-3)18-6-5-9-28-18/h5-12,25H,13H2,1-4H3. The molecule has 2 aromatic carbocycles. The van der Waals surface area contributed by atoms with Crippen LogP contribution in [0.25, 0.3) is 11.3 Å². The third-order valence-corrected chi connectivity index (χ3v) is 4.37. The molecule has 0 spiro atoms. The zero-order chi connectivity index (χ0) is 20.3. The molecular weight excluding hydrogens is 358 g/mol. The van der Waals surface area contributed by atoms with Gasteiger partial charge in [-0.2, -0.15) is 0 Å². The van der Waals surface area contributed by atoms with Crippen molar-refractivity contribution in [2.45, 2.75) is 6.54 Å². The van der Waals surface area contributed by atoms with Crippen LogP contribution in [0.15, 0.2) is 53.1 Å². The van der Waals surface area contributed by atoms with Gasteiger partial charge >= 0.3 is 0 Å². The lowest BCUT2D eigenvalue weighted by atomic mass is 9.97. The lowest BCUT2D eigenvalue weighted by Crippen LogP contribution is -2.12. The maximum atomic E-state index is 13.3. The Morgan fingerprint density at radius 1 is 1.07 bits per heavy atom. The Kier molecular flexibility index (Phi) is 5.70. The van der Waals surface area contributed by atoms with Crippen LogP contribution in [-0.4, -0.2) is 44.1 Å². The molecule has 6 nitrogen and oxygen atoms in total. The van der Waals surface area contributed by atoms with Crippen molar-refractivity contribution < 1.29 is 23.8 Å². The second-order valence-electron chi connectivity index (χ2n) is 6.65. The van der Waals surface area contributed by atoms with Gasteiger partial charge in [0.2, 0.25) is 0 Å². The largest absolute Gasteiger partial charge is 0.504 e. The van der Waals surface area contributed by atoms with Crippen LogP contribution in [0.3, 0.4) is 0 Å². The molecule has 0 radical (unpaired) electrons. The van der Waals surface area contributed by atoms with E-state index in [0.29, 0.717) is 34.7 Å². The van der Waals surface area contributed by atoms with Gasteiger partial charge in [-0.15, -0.1) is 0 Å². The quantitative estimate of drug-likeness (QED) is 0.625. The van der Waals surface area contributed by atoms with Gasteiger partial charge in [0.25, 0.3) is 0 Å². The molecule has 0 saturated heterocycles. The van der Waals surface area contributed by atoms with Crippen molar-refractivity contribution in [3.8, 4) is 28.6 Å². The summed E-state index contributed by atoms with van der Waals surface area (Å²) in [6, 6.07) is 12.2. The van der Waals surface area contributed by atoms with Gasteiger partial charge in [-0.1, -0.05) is 0 Å². The third-order valence-electron chi connectivity index (χ3n) is 4.37. The van der Waals surface area contributed by atoms with Crippen LogP contribution < -0.4 is 9.47 Å². The van der Waals surface area contributed by atoms with Crippen LogP contribution in [-0.2, 0) is 6.54 Å². The highest BCUT2D eigenvalue weighted by Crippen LogP contribution is 2.35. The summed E-state index contributed by atoms with van der Waals surface area (Å²) in [6.07, 6.45) is 1.58. The molecule has 1 aromatic heterocycles. The van der Waals surface area contributed by atoms with Gasteiger partial charge in [-0.25, -0.2) is 0 Å². The maximum absolute atomic E-state index is 13.3. The summed E-state index contributed by atoms with van der Waals surface area (Å²) < 4.78 is 16.1. The van der Waals surface area contributed by atoms with E-state index in [1.165, 1.54) is 20.3 Å². The van der Waals surface area contributed by atoms with E-state index in [0.717, 1.165) is 5.56 Å². The predicted octanol–water partition coefficient (Wildman–Crippen LogP) is 3.96. The van der Waals surface area contributed by atoms with Gasteiger partial charge in [0.05, 0.1) is 26.0 Å². The van der Waals surface area contributed by atoms with Gasteiger partial charge in [0, 0.05) is 23.2 Å². The molecule has 0 unspecified atom stereocenters. The minimum absolute atomic E-state index is 0.0315. The molecule has 1 N–H and O–H groups in total. The normalized spacial score (nSPS) is 10.9. The second kappa shape index (κ2) is 8.19. The van der Waals surface area contributed by atoms with E-state index in [1.807, 2.05) is 31.1 Å². The molecule has 28 heavy (non-hydrogen) atoms. The first kappa shape index (κ1) is 19.5.